The molecule has 0 atom stereocenters. The molecule has 0 heterocycles. The molecular formula is C28H21NO4S. The summed E-state index contributed by atoms with van der Waals surface area (Å²) in [6, 6.07) is 28.6. The van der Waals surface area contributed by atoms with Gasteiger partial charge in [0.25, 0.3) is 10.0 Å². The maximum atomic E-state index is 12.9. The predicted octanol–water partition coefficient (Wildman–Crippen LogP) is 6.48. The maximum Gasteiger partial charge on any atom is 0.255 e. The number of benzene rings is 5. The average Bonchev–Trinajstić information content (AvgIpc) is 2.85. The van der Waals surface area contributed by atoms with Gasteiger partial charge >= 0.3 is 0 Å². The molecule has 6 heteroatoms. The summed E-state index contributed by atoms with van der Waals surface area (Å²) < 4.78 is 28.5. The van der Waals surface area contributed by atoms with E-state index >= 15 is 0 Å². The second-order valence-electron chi connectivity index (χ2n) is 7.91. The van der Waals surface area contributed by atoms with Gasteiger partial charge in [-0.25, -0.2) is 8.42 Å². The van der Waals surface area contributed by atoms with Crippen LogP contribution >= 0.6 is 0 Å². The van der Waals surface area contributed by atoms with E-state index in [9.17, 15) is 18.6 Å². The standard InChI is InChI=1S/C28H21NO4S/c30-26-15-14-20-10-4-5-11-21(20)27(26)24-18-25(22-12-6-7-13-23(22)28(24)31)29-34(32,33)17-16-19-8-2-1-3-9-19/h1-18,29-31H. The second kappa shape index (κ2) is 8.57. The van der Waals surface area contributed by atoms with Crippen LogP contribution in [0, 0.1) is 0 Å². The van der Waals surface area contributed by atoms with Crippen LogP contribution in [0.1, 0.15) is 5.56 Å². The number of hydrogen-bond donors (Lipinski definition) is 3. The molecule has 5 rings (SSSR count). The fraction of sp³-hybridized carbons (Fsp3) is 0. The molecular weight excluding hydrogens is 446 g/mol. The zero-order valence-corrected chi connectivity index (χ0v) is 18.8. The summed E-state index contributed by atoms with van der Waals surface area (Å²) in [6.07, 6.45) is 1.52. The van der Waals surface area contributed by atoms with Gasteiger partial charge in [-0.1, -0.05) is 84.9 Å². The van der Waals surface area contributed by atoms with Crippen LogP contribution in [0.25, 0.3) is 38.7 Å². The van der Waals surface area contributed by atoms with Crippen molar-refractivity contribution in [2.24, 2.45) is 0 Å². The van der Waals surface area contributed by atoms with Crippen LogP contribution in [0.5, 0.6) is 11.5 Å². The molecule has 0 unspecified atom stereocenters. The Morgan fingerprint density at radius 1 is 0.706 bits per heavy atom. The van der Waals surface area contributed by atoms with Gasteiger partial charge in [0.1, 0.15) is 11.5 Å². The first-order chi connectivity index (χ1) is 16.4. The Hall–Kier alpha value is -4.29. The normalized spacial score (nSPS) is 11.9. The van der Waals surface area contributed by atoms with Crippen molar-refractivity contribution < 1.29 is 18.6 Å². The van der Waals surface area contributed by atoms with E-state index in [0.717, 1.165) is 21.7 Å². The summed E-state index contributed by atoms with van der Waals surface area (Å²) in [5.74, 6) is -0.0490. The summed E-state index contributed by atoms with van der Waals surface area (Å²) >= 11 is 0. The molecule has 0 aliphatic rings. The van der Waals surface area contributed by atoms with E-state index < -0.39 is 10.0 Å². The van der Waals surface area contributed by atoms with Crippen LogP contribution in [0.2, 0.25) is 0 Å². The number of nitrogens with one attached hydrogen (secondary N) is 1. The molecule has 0 spiro atoms. The summed E-state index contributed by atoms with van der Waals surface area (Å²) in [5, 5.41) is 25.6. The molecule has 0 amide bonds. The Bertz CT molecular complexity index is 1660. The van der Waals surface area contributed by atoms with E-state index in [4.69, 9.17) is 0 Å². The second-order valence-corrected chi connectivity index (χ2v) is 9.47. The van der Waals surface area contributed by atoms with Crippen molar-refractivity contribution in [3.63, 3.8) is 0 Å². The molecule has 34 heavy (non-hydrogen) atoms. The zero-order chi connectivity index (χ0) is 23.7. The van der Waals surface area contributed by atoms with Crippen molar-refractivity contribution in [3.8, 4) is 22.6 Å². The fourth-order valence-electron chi connectivity index (χ4n) is 4.10. The molecule has 0 aliphatic carbocycles. The zero-order valence-electron chi connectivity index (χ0n) is 18.0. The quantitative estimate of drug-likeness (QED) is 0.258. The lowest BCUT2D eigenvalue weighted by Crippen LogP contribution is -2.09. The third-order valence-electron chi connectivity index (χ3n) is 5.68. The van der Waals surface area contributed by atoms with Crippen LogP contribution in [-0.4, -0.2) is 18.6 Å². The lowest BCUT2D eigenvalue weighted by molar-refractivity contribution is 0.472. The van der Waals surface area contributed by atoms with Gasteiger partial charge < -0.3 is 10.2 Å². The molecule has 0 aromatic heterocycles. The van der Waals surface area contributed by atoms with Crippen LogP contribution in [0.15, 0.2) is 102 Å². The number of hydrogen-bond acceptors (Lipinski definition) is 4. The summed E-state index contributed by atoms with van der Waals surface area (Å²) in [6.45, 7) is 0. The molecule has 168 valence electrons. The molecule has 5 aromatic carbocycles. The van der Waals surface area contributed by atoms with Crippen molar-refractivity contribution in [3.05, 3.63) is 108 Å². The number of rotatable bonds is 5. The summed E-state index contributed by atoms with van der Waals surface area (Å²) in [7, 11) is -3.86. The van der Waals surface area contributed by atoms with Gasteiger partial charge in [-0.2, -0.15) is 0 Å². The molecule has 0 saturated carbocycles. The number of fused-ring (bicyclic) bond motifs is 2. The first-order valence-corrected chi connectivity index (χ1v) is 12.2. The minimum Gasteiger partial charge on any atom is -0.507 e. The molecule has 0 radical (unpaired) electrons. The molecule has 5 nitrogen and oxygen atoms in total. The first-order valence-electron chi connectivity index (χ1n) is 10.6. The van der Waals surface area contributed by atoms with Gasteiger partial charge in [0.2, 0.25) is 0 Å². The highest BCUT2D eigenvalue weighted by Gasteiger charge is 2.19. The summed E-state index contributed by atoms with van der Waals surface area (Å²) in [5.41, 5.74) is 1.82. The lowest BCUT2D eigenvalue weighted by atomic mass is 9.93. The van der Waals surface area contributed by atoms with Gasteiger partial charge in [-0.3, -0.25) is 4.72 Å². The minimum absolute atomic E-state index is 0.0120. The van der Waals surface area contributed by atoms with E-state index in [1.54, 1.807) is 42.5 Å². The molecule has 0 fully saturated rings. The van der Waals surface area contributed by atoms with E-state index in [-0.39, 0.29) is 11.5 Å². The van der Waals surface area contributed by atoms with Crippen LogP contribution in [0.3, 0.4) is 0 Å². The van der Waals surface area contributed by atoms with Crippen LogP contribution < -0.4 is 4.72 Å². The number of phenols is 2. The van der Waals surface area contributed by atoms with E-state index in [1.165, 1.54) is 6.08 Å². The molecule has 0 saturated heterocycles. The Labute approximate surface area is 197 Å². The highest BCUT2D eigenvalue weighted by molar-refractivity contribution is 7.95. The average molecular weight is 468 g/mol. The Morgan fingerprint density at radius 2 is 1.35 bits per heavy atom. The third kappa shape index (κ3) is 4.07. The Kier molecular flexibility index (Phi) is 5.43. The molecule has 5 aromatic rings. The van der Waals surface area contributed by atoms with Crippen molar-refractivity contribution in [1.29, 1.82) is 0 Å². The fourth-order valence-corrected chi connectivity index (χ4v) is 4.98. The first kappa shape index (κ1) is 21.6. The van der Waals surface area contributed by atoms with Crippen molar-refractivity contribution in [2.45, 2.75) is 0 Å². The van der Waals surface area contributed by atoms with Crippen LogP contribution in [0.4, 0.5) is 5.69 Å². The topological polar surface area (TPSA) is 86.6 Å². The highest BCUT2D eigenvalue weighted by atomic mass is 32.2. The number of aromatic hydroxyl groups is 2. The molecule has 0 bridgehead atoms. The molecule has 3 N–H and O–H groups in total. The number of anilines is 1. The predicted molar refractivity (Wildman–Crippen MR) is 138 cm³/mol. The van der Waals surface area contributed by atoms with Crippen LogP contribution in [-0.2, 0) is 10.0 Å². The Morgan fingerprint density at radius 3 is 2.12 bits per heavy atom. The monoisotopic (exact) mass is 467 g/mol. The van der Waals surface area contributed by atoms with Gasteiger partial charge in [-0.15, -0.1) is 0 Å². The van der Waals surface area contributed by atoms with Gasteiger partial charge in [-0.05, 0) is 34.5 Å². The lowest BCUT2D eigenvalue weighted by Gasteiger charge is -2.16. The third-order valence-corrected chi connectivity index (χ3v) is 6.68. The van der Waals surface area contributed by atoms with E-state index in [1.807, 2.05) is 54.6 Å². The Balaban J connectivity index is 1.68. The smallest absolute Gasteiger partial charge is 0.255 e. The van der Waals surface area contributed by atoms with Crippen molar-refractivity contribution in [2.75, 3.05) is 4.72 Å². The molecule has 0 aliphatic heterocycles. The van der Waals surface area contributed by atoms with Gasteiger partial charge in [0, 0.05) is 21.9 Å². The van der Waals surface area contributed by atoms with Crippen molar-refractivity contribution >= 4 is 43.3 Å². The van der Waals surface area contributed by atoms with E-state index in [2.05, 4.69) is 4.72 Å². The minimum atomic E-state index is -3.86. The van der Waals surface area contributed by atoms with E-state index in [0.29, 0.717) is 27.6 Å². The number of sulfonamides is 1. The van der Waals surface area contributed by atoms with Gasteiger partial charge in [0.15, 0.2) is 0 Å². The largest absolute Gasteiger partial charge is 0.507 e. The van der Waals surface area contributed by atoms with Gasteiger partial charge in [0.05, 0.1) is 11.1 Å². The highest BCUT2D eigenvalue weighted by Crippen LogP contribution is 2.46. The number of phenolic OH excluding ortho intramolecular Hbond substituents is 2. The SMILES string of the molecule is O=S(=O)(C=Cc1ccccc1)Nc1cc(-c2c(O)ccc3ccccc23)c(O)c2ccccc12. The maximum absolute atomic E-state index is 12.9. The summed E-state index contributed by atoms with van der Waals surface area (Å²) in [4.78, 5) is 0. The van der Waals surface area contributed by atoms with Crippen molar-refractivity contribution in [1.82, 2.24) is 0 Å².